The highest BCUT2D eigenvalue weighted by Gasteiger charge is 2.15. The van der Waals surface area contributed by atoms with E-state index in [2.05, 4.69) is 9.97 Å². The van der Waals surface area contributed by atoms with Crippen LogP contribution in [0.1, 0.15) is 24.2 Å². The van der Waals surface area contributed by atoms with Crippen LogP contribution in [-0.2, 0) is 10.5 Å². The van der Waals surface area contributed by atoms with Crippen LogP contribution in [0.5, 0.6) is 0 Å². The molecule has 5 heteroatoms. The lowest BCUT2D eigenvalue weighted by molar-refractivity contribution is 0.1000. The molecule has 0 unspecified atom stereocenters. The van der Waals surface area contributed by atoms with E-state index in [0.717, 1.165) is 48.7 Å². The van der Waals surface area contributed by atoms with Crippen molar-refractivity contribution in [2.45, 2.75) is 30.8 Å². The zero-order valence-electron chi connectivity index (χ0n) is 11.5. The largest absolute Gasteiger partial charge is 0.381 e. The average molecular weight is 290 g/mol. The molecule has 1 aliphatic rings. The smallest absolute Gasteiger partial charge is 0.259 e. The fraction of sp³-hybridized carbons (Fsp3) is 0.467. The Hall–Kier alpha value is -1.33. The number of fused-ring (bicyclic) bond motifs is 1. The number of nitrogens with one attached hydrogen (secondary N) is 1. The standard InChI is InChI=1S/C15H18N2O2S/c1-10-3-2-4-12-14(10)15(18)17-13(16-12)9-20-11-5-7-19-8-6-11/h2-4,11H,5-9H2,1H3,(H,16,17,18). The lowest BCUT2D eigenvalue weighted by Crippen LogP contribution is -2.18. The molecule has 106 valence electrons. The van der Waals surface area contributed by atoms with Gasteiger partial charge in [0, 0.05) is 18.5 Å². The summed E-state index contributed by atoms with van der Waals surface area (Å²) in [7, 11) is 0. The fourth-order valence-electron chi connectivity index (χ4n) is 2.52. The van der Waals surface area contributed by atoms with Gasteiger partial charge < -0.3 is 9.72 Å². The zero-order chi connectivity index (χ0) is 13.9. The summed E-state index contributed by atoms with van der Waals surface area (Å²) in [4.78, 5) is 19.6. The molecule has 2 aromatic rings. The summed E-state index contributed by atoms with van der Waals surface area (Å²) >= 11 is 1.86. The first-order valence-corrected chi connectivity index (χ1v) is 7.97. The molecule has 1 aromatic heterocycles. The molecule has 4 nitrogen and oxygen atoms in total. The van der Waals surface area contributed by atoms with Crippen molar-refractivity contribution in [3.8, 4) is 0 Å². The Labute approximate surface area is 121 Å². The molecule has 2 heterocycles. The highest BCUT2D eigenvalue weighted by atomic mass is 32.2. The molecular weight excluding hydrogens is 272 g/mol. The molecule has 0 aliphatic carbocycles. The molecule has 0 spiro atoms. The number of ether oxygens (including phenoxy) is 1. The van der Waals surface area contributed by atoms with Crippen LogP contribution >= 0.6 is 11.8 Å². The Morgan fingerprint density at radius 1 is 1.40 bits per heavy atom. The quantitative estimate of drug-likeness (QED) is 0.944. The van der Waals surface area contributed by atoms with E-state index >= 15 is 0 Å². The Bertz CT molecular complexity index is 662. The number of aromatic nitrogens is 2. The summed E-state index contributed by atoms with van der Waals surface area (Å²) < 4.78 is 5.35. The molecule has 1 saturated heterocycles. The van der Waals surface area contributed by atoms with Crippen LogP contribution in [0.25, 0.3) is 10.9 Å². The van der Waals surface area contributed by atoms with Gasteiger partial charge in [-0.2, -0.15) is 11.8 Å². The third-order valence-corrected chi connectivity index (χ3v) is 5.00. The molecule has 3 rings (SSSR count). The van der Waals surface area contributed by atoms with Crippen molar-refractivity contribution in [2.24, 2.45) is 0 Å². The van der Waals surface area contributed by atoms with Gasteiger partial charge in [0.2, 0.25) is 0 Å². The number of nitrogens with zero attached hydrogens (tertiary/aromatic N) is 1. The van der Waals surface area contributed by atoms with Crippen LogP contribution in [-0.4, -0.2) is 28.4 Å². The molecule has 0 saturated carbocycles. The number of rotatable bonds is 3. The van der Waals surface area contributed by atoms with Crippen LogP contribution in [0.4, 0.5) is 0 Å². The molecule has 0 bridgehead atoms. The van der Waals surface area contributed by atoms with Crippen molar-refractivity contribution in [3.05, 3.63) is 39.9 Å². The minimum atomic E-state index is -0.0318. The van der Waals surface area contributed by atoms with Crippen molar-refractivity contribution >= 4 is 22.7 Å². The van der Waals surface area contributed by atoms with E-state index in [0.29, 0.717) is 10.6 Å². The second kappa shape index (κ2) is 5.97. The fourth-order valence-corrected chi connectivity index (χ4v) is 3.57. The lowest BCUT2D eigenvalue weighted by Gasteiger charge is -2.21. The van der Waals surface area contributed by atoms with E-state index in [1.165, 1.54) is 0 Å². The third-order valence-electron chi connectivity index (χ3n) is 3.62. The molecule has 20 heavy (non-hydrogen) atoms. The maximum atomic E-state index is 12.1. The first-order valence-electron chi connectivity index (χ1n) is 6.92. The summed E-state index contributed by atoms with van der Waals surface area (Å²) in [6, 6.07) is 5.79. The SMILES string of the molecule is Cc1cccc2nc(CSC3CCOCC3)[nH]c(=O)c12. The normalized spacial score (nSPS) is 16.6. The van der Waals surface area contributed by atoms with Gasteiger partial charge in [-0.05, 0) is 31.4 Å². The van der Waals surface area contributed by atoms with Gasteiger partial charge in [-0.25, -0.2) is 4.98 Å². The van der Waals surface area contributed by atoms with Crippen molar-refractivity contribution in [3.63, 3.8) is 0 Å². The van der Waals surface area contributed by atoms with Gasteiger partial charge in [0.1, 0.15) is 5.82 Å². The summed E-state index contributed by atoms with van der Waals surface area (Å²) in [5, 5.41) is 1.31. The topological polar surface area (TPSA) is 55.0 Å². The van der Waals surface area contributed by atoms with Gasteiger partial charge in [0.05, 0.1) is 16.7 Å². The molecule has 0 radical (unpaired) electrons. The molecule has 0 atom stereocenters. The van der Waals surface area contributed by atoms with Gasteiger partial charge in [0.25, 0.3) is 5.56 Å². The van der Waals surface area contributed by atoms with Gasteiger partial charge in [0.15, 0.2) is 0 Å². The van der Waals surface area contributed by atoms with Crippen LogP contribution in [0.3, 0.4) is 0 Å². The monoisotopic (exact) mass is 290 g/mol. The van der Waals surface area contributed by atoms with Gasteiger partial charge in [-0.1, -0.05) is 12.1 Å². The first-order chi connectivity index (χ1) is 9.74. The Morgan fingerprint density at radius 2 is 2.20 bits per heavy atom. The molecule has 0 amide bonds. The minimum Gasteiger partial charge on any atom is -0.381 e. The Morgan fingerprint density at radius 3 is 3.00 bits per heavy atom. The second-order valence-corrected chi connectivity index (χ2v) is 6.39. The predicted octanol–water partition coefficient (Wildman–Crippen LogP) is 2.64. The summed E-state index contributed by atoms with van der Waals surface area (Å²) in [5.41, 5.74) is 1.73. The van der Waals surface area contributed by atoms with Crippen LogP contribution in [0.2, 0.25) is 0 Å². The average Bonchev–Trinajstić information content (AvgIpc) is 2.46. The second-order valence-electron chi connectivity index (χ2n) is 5.10. The Kier molecular flexibility index (Phi) is 4.08. The summed E-state index contributed by atoms with van der Waals surface area (Å²) in [6.07, 6.45) is 2.17. The van der Waals surface area contributed by atoms with Crippen LogP contribution < -0.4 is 5.56 Å². The minimum absolute atomic E-state index is 0.0318. The van der Waals surface area contributed by atoms with E-state index < -0.39 is 0 Å². The summed E-state index contributed by atoms with van der Waals surface area (Å²) in [5.74, 6) is 1.52. The van der Waals surface area contributed by atoms with Gasteiger partial charge in [-0.15, -0.1) is 0 Å². The van der Waals surface area contributed by atoms with Crippen molar-refractivity contribution in [1.29, 1.82) is 0 Å². The molecule has 1 fully saturated rings. The first kappa shape index (κ1) is 13.6. The zero-order valence-corrected chi connectivity index (χ0v) is 12.3. The van der Waals surface area contributed by atoms with Gasteiger partial charge in [-0.3, -0.25) is 4.79 Å². The number of aryl methyl sites for hydroxylation is 1. The molecule has 1 aromatic carbocycles. The number of thioether (sulfide) groups is 1. The number of H-pyrrole nitrogens is 1. The summed E-state index contributed by atoms with van der Waals surface area (Å²) in [6.45, 7) is 3.63. The van der Waals surface area contributed by atoms with Crippen molar-refractivity contribution in [2.75, 3.05) is 13.2 Å². The van der Waals surface area contributed by atoms with Crippen LogP contribution in [0.15, 0.2) is 23.0 Å². The number of benzene rings is 1. The van der Waals surface area contributed by atoms with Crippen molar-refractivity contribution < 1.29 is 4.74 Å². The third kappa shape index (κ3) is 2.88. The van der Waals surface area contributed by atoms with Gasteiger partial charge >= 0.3 is 0 Å². The van der Waals surface area contributed by atoms with E-state index in [-0.39, 0.29) is 5.56 Å². The molecule has 1 aliphatic heterocycles. The highest BCUT2D eigenvalue weighted by molar-refractivity contribution is 7.99. The van der Waals surface area contributed by atoms with Crippen LogP contribution in [0, 0.1) is 6.92 Å². The number of hydrogen-bond donors (Lipinski definition) is 1. The van der Waals surface area contributed by atoms with E-state index in [1.54, 1.807) is 0 Å². The van der Waals surface area contributed by atoms with Crippen molar-refractivity contribution in [1.82, 2.24) is 9.97 Å². The maximum absolute atomic E-state index is 12.1. The maximum Gasteiger partial charge on any atom is 0.259 e. The van der Waals surface area contributed by atoms with E-state index in [4.69, 9.17) is 4.74 Å². The van der Waals surface area contributed by atoms with E-state index in [9.17, 15) is 4.79 Å². The lowest BCUT2D eigenvalue weighted by atomic mass is 10.1. The predicted molar refractivity (Wildman–Crippen MR) is 82.2 cm³/mol. The highest BCUT2D eigenvalue weighted by Crippen LogP contribution is 2.24. The number of hydrogen-bond acceptors (Lipinski definition) is 4. The number of aromatic amines is 1. The molecule has 1 N–H and O–H groups in total. The van der Waals surface area contributed by atoms with E-state index in [1.807, 2.05) is 36.9 Å². The molecular formula is C15H18N2O2S. The Balaban J connectivity index is 1.80.